The number of hydrogen-bond acceptors (Lipinski definition) is 4. The molecule has 1 aromatic heterocycles. The Morgan fingerprint density at radius 3 is 2.53 bits per heavy atom. The number of hydrogen-bond donors (Lipinski definition) is 2. The van der Waals surface area contributed by atoms with Crippen molar-refractivity contribution in [3.05, 3.63) is 108 Å². The van der Waals surface area contributed by atoms with E-state index in [-0.39, 0.29) is 18.3 Å². The van der Waals surface area contributed by atoms with Crippen LogP contribution in [0.25, 0.3) is 17.0 Å². The van der Waals surface area contributed by atoms with Gasteiger partial charge in [-0.05, 0) is 42.3 Å². The zero-order valence-electron chi connectivity index (χ0n) is 17.7. The number of ether oxygens (including phenoxy) is 1. The Morgan fingerprint density at radius 2 is 1.78 bits per heavy atom. The van der Waals surface area contributed by atoms with E-state index < -0.39 is 6.04 Å². The SMILES string of the molecule is Cc1cc(C(/C=C/c2ccccc2)NC(=O)COc2ccccc2)c(O)c2ncccc12. The van der Waals surface area contributed by atoms with Crippen LogP contribution in [0.5, 0.6) is 11.5 Å². The summed E-state index contributed by atoms with van der Waals surface area (Å²) < 4.78 is 5.58. The normalized spacial score (nSPS) is 12.0. The maximum atomic E-state index is 12.7. The van der Waals surface area contributed by atoms with Gasteiger partial charge in [-0.2, -0.15) is 0 Å². The highest BCUT2D eigenvalue weighted by Gasteiger charge is 2.19. The van der Waals surface area contributed by atoms with Crippen molar-refractivity contribution < 1.29 is 14.6 Å². The van der Waals surface area contributed by atoms with E-state index in [1.165, 1.54) is 0 Å². The van der Waals surface area contributed by atoms with Crippen LogP contribution in [-0.4, -0.2) is 22.6 Å². The molecular formula is C27H24N2O3. The second-order valence-corrected chi connectivity index (χ2v) is 7.45. The van der Waals surface area contributed by atoms with Gasteiger partial charge in [-0.25, -0.2) is 0 Å². The lowest BCUT2D eigenvalue weighted by atomic mass is 9.98. The molecule has 160 valence electrons. The van der Waals surface area contributed by atoms with E-state index in [4.69, 9.17) is 4.74 Å². The van der Waals surface area contributed by atoms with Crippen molar-refractivity contribution >= 4 is 22.9 Å². The summed E-state index contributed by atoms with van der Waals surface area (Å²) in [6.07, 6.45) is 5.42. The van der Waals surface area contributed by atoms with E-state index in [2.05, 4.69) is 10.3 Å². The average molecular weight is 425 g/mol. The van der Waals surface area contributed by atoms with E-state index in [0.717, 1.165) is 16.5 Å². The molecule has 0 bridgehead atoms. The highest BCUT2D eigenvalue weighted by molar-refractivity contribution is 5.89. The Bertz CT molecular complexity index is 1240. The molecule has 3 aromatic carbocycles. The number of phenols is 1. The third kappa shape index (κ3) is 4.95. The fourth-order valence-electron chi connectivity index (χ4n) is 3.55. The maximum Gasteiger partial charge on any atom is 0.258 e. The monoisotopic (exact) mass is 424 g/mol. The second kappa shape index (κ2) is 9.79. The number of rotatable bonds is 7. The highest BCUT2D eigenvalue weighted by atomic mass is 16.5. The summed E-state index contributed by atoms with van der Waals surface area (Å²) in [4.78, 5) is 17.1. The number of pyridine rings is 1. The van der Waals surface area contributed by atoms with E-state index in [9.17, 15) is 9.90 Å². The highest BCUT2D eigenvalue weighted by Crippen LogP contribution is 2.34. The molecule has 32 heavy (non-hydrogen) atoms. The molecule has 1 amide bonds. The summed E-state index contributed by atoms with van der Waals surface area (Å²) in [5, 5.41) is 14.8. The second-order valence-electron chi connectivity index (χ2n) is 7.45. The molecule has 4 aromatic rings. The smallest absolute Gasteiger partial charge is 0.258 e. The number of para-hydroxylation sites is 1. The van der Waals surface area contributed by atoms with Gasteiger partial charge in [0.2, 0.25) is 0 Å². The van der Waals surface area contributed by atoms with E-state index in [1.54, 1.807) is 18.3 Å². The van der Waals surface area contributed by atoms with Gasteiger partial charge in [0.25, 0.3) is 5.91 Å². The first-order valence-corrected chi connectivity index (χ1v) is 10.4. The van der Waals surface area contributed by atoms with Gasteiger partial charge in [-0.3, -0.25) is 9.78 Å². The quantitative estimate of drug-likeness (QED) is 0.428. The predicted molar refractivity (Wildman–Crippen MR) is 126 cm³/mol. The Balaban J connectivity index is 1.63. The van der Waals surface area contributed by atoms with Crippen LogP contribution in [0.1, 0.15) is 22.7 Å². The number of aryl methyl sites for hydroxylation is 1. The van der Waals surface area contributed by atoms with Crippen LogP contribution in [-0.2, 0) is 4.79 Å². The van der Waals surface area contributed by atoms with E-state index in [1.807, 2.05) is 85.8 Å². The van der Waals surface area contributed by atoms with Gasteiger partial charge < -0.3 is 15.2 Å². The third-order valence-electron chi connectivity index (χ3n) is 5.15. The largest absolute Gasteiger partial charge is 0.505 e. The topological polar surface area (TPSA) is 71.5 Å². The number of carbonyl (C=O) groups excluding carboxylic acids is 1. The minimum atomic E-state index is -0.563. The molecule has 0 aliphatic heterocycles. The molecule has 0 aliphatic rings. The number of nitrogens with zero attached hydrogens (tertiary/aromatic N) is 1. The lowest BCUT2D eigenvalue weighted by Crippen LogP contribution is -2.32. The first kappa shape index (κ1) is 21.1. The van der Waals surface area contributed by atoms with Crippen LogP contribution in [0.2, 0.25) is 0 Å². The first-order valence-electron chi connectivity index (χ1n) is 10.4. The van der Waals surface area contributed by atoms with Crippen molar-refractivity contribution in [3.63, 3.8) is 0 Å². The number of amides is 1. The average Bonchev–Trinajstić information content (AvgIpc) is 2.84. The van der Waals surface area contributed by atoms with Gasteiger partial charge >= 0.3 is 0 Å². The van der Waals surface area contributed by atoms with Crippen molar-refractivity contribution in [2.75, 3.05) is 6.61 Å². The van der Waals surface area contributed by atoms with E-state index >= 15 is 0 Å². The Labute approximate surface area is 187 Å². The van der Waals surface area contributed by atoms with Crippen molar-refractivity contribution in [1.29, 1.82) is 0 Å². The summed E-state index contributed by atoms with van der Waals surface area (Å²) in [6.45, 7) is 1.83. The number of nitrogens with one attached hydrogen (secondary N) is 1. The fraction of sp³-hybridized carbons (Fsp3) is 0.111. The Kier molecular flexibility index (Phi) is 6.46. The lowest BCUT2D eigenvalue weighted by molar-refractivity contribution is -0.123. The lowest BCUT2D eigenvalue weighted by Gasteiger charge is -2.19. The zero-order valence-corrected chi connectivity index (χ0v) is 17.7. The van der Waals surface area contributed by atoms with Crippen molar-refractivity contribution in [1.82, 2.24) is 10.3 Å². The number of carbonyl (C=O) groups is 1. The molecule has 0 fully saturated rings. The van der Waals surface area contributed by atoms with Crippen LogP contribution in [0.3, 0.4) is 0 Å². The zero-order chi connectivity index (χ0) is 22.3. The molecule has 0 radical (unpaired) electrons. The van der Waals surface area contributed by atoms with Crippen LogP contribution in [0, 0.1) is 6.92 Å². The molecule has 2 N–H and O–H groups in total. The number of aromatic nitrogens is 1. The van der Waals surface area contributed by atoms with Gasteiger partial charge in [0.15, 0.2) is 6.61 Å². The van der Waals surface area contributed by atoms with Gasteiger partial charge in [0.1, 0.15) is 17.0 Å². The summed E-state index contributed by atoms with van der Waals surface area (Å²) in [5.41, 5.74) is 3.04. The summed E-state index contributed by atoms with van der Waals surface area (Å²) >= 11 is 0. The number of fused-ring (bicyclic) bond motifs is 1. The molecule has 5 heteroatoms. The Hall–Kier alpha value is -4.12. The minimum absolute atomic E-state index is 0.0539. The van der Waals surface area contributed by atoms with Crippen LogP contribution in [0.4, 0.5) is 0 Å². The molecule has 0 saturated heterocycles. The molecular weight excluding hydrogens is 400 g/mol. The van der Waals surface area contributed by atoms with Gasteiger partial charge in [-0.15, -0.1) is 0 Å². The van der Waals surface area contributed by atoms with Crippen molar-refractivity contribution in [3.8, 4) is 11.5 Å². The summed E-state index contributed by atoms with van der Waals surface area (Å²) in [7, 11) is 0. The van der Waals surface area contributed by atoms with Crippen molar-refractivity contribution in [2.24, 2.45) is 0 Å². The molecule has 5 nitrogen and oxygen atoms in total. The van der Waals surface area contributed by atoms with E-state index in [0.29, 0.717) is 16.8 Å². The van der Waals surface area contributed by atoms with Crippen LogP contribution >= 0.6 is 0 Å². The first-order chi connectivity index (χ1) is 15.6. The minimum Gasteiger partial charge on any atom is -0.505 e. The molecule has 1 unspecified atom stereocenters. The maximum absolute atomic E-state index is 12.7. The molecule has 1 atom stereocenters. The van der Waals surface area contributed by atoms with Crippen LogP contribution < -0.4 is 10.1 Å². The van der Waals surface area contributed by atoms with Crippen LogP contribution in [0.15, 0.2) is 91.1 Å². The summed E-state index contributed by atoms with van der Waals surface area (Å²) in [6, 6.07) is 24.0. The molecule has 0 saturated carbocycles. The Morgan fingerprint density at radius 1 is 1.06 bits per heavy atom. The molecule has 0 spiro atoms. The standard InChI is InChI=1S/C27H24N2O3/c1-19-17-23(27(31)26-22(19)13-8-16-28-26)24(15-14-20-9-4-2-5-10-20)29-25(30)18-32-21-11-6-3-7-12-21/h2-17,24,31H,18H2,1H3,(H,29,30)/b15-14+. The van der Waals surface area contributed by atoms with Crippen molar-refractivity contribution in [2.45, 2.75) is 13.0 Å². The number of phenolic OH excluding ortho intramolecular Hbond substituents is 1. The summed E-state index contributed by atoms with van der Waals surface area (Å²) in [5.74, 6) is 0.376. The van der Waals surface area contributed by atoms with Gasteiger partial charge in [0.05, 0.1) is 6.04 Å². The number of benzene rings is 3. The third-order valence-corrected chi connectivity index (χ3v) is 5.15. The van der Waals surface area contributed by atoms with Gasteiger partial charge in [-0.1, -0.05) is 66.7 Å². The molecule has 4 rings (SSSR count). The number of aromatic hydroxyl groups is 1. The fourth-order valence-corrected chi connectivity index (χ4v) is 3.55. The van der Waals surface area contributed by atoms with Gasteiger partial charge in [0, 0.05) is 17.1 Å². The predicted octanol–water partition coefficient (Wildman–Crippen LogP) is 5.20. The molecule has 0 aliphatic carbocycles. The molecule has 1 heterocycles.